The smallest absolute Gasteiger partial charge is 0.338 e. The molecular formula is C25H23FN2O4S. The molecule has 33 heavy (non-hydrogen) atoms. The van der Waals surface area contributed by atoms with Crippen LogP contribution in [0.25, 0.3) is 6.08 Å². The van der Waals surface area contributed by atoms with E-state index >= 15 is 0 Å². The average Bonchev–Trinajstić information content (AvgIpc) is 3.08. The van der Waals surface area contributed by atoms with Gasteiger partial charge < -0.3 is 9.47 Å². The highest BCUT2D eigenvalue weighted by Gasteiger charge is 2.34. The number of halogens is 1. The second kappa shape index (κ2) is 9.15. The zero-order chi connectivity index (χ0) is 23.7. The molecule has 1 aliphatic heterocycles. The van der Waals surface area contributed by atoms with Crippen LogP contribution in [0.1, 0.15) is 37.9 Å². The molecule has 0 aliphatic carbocycles. The second-order valence-electron chi connectivity index (χ2n) is 7.86. The molecule has 0 saturated carbocycles. The summed E-state index contributed by atoms with van der Waals surface area (Å²) in [6.45, 7) is 5.28. The molecule has 170 valence electrons. The van der Waals surface area contributed by atoms with E-state index in [0.29, 0.717) is 37.5 Å². The third kappa shape index (κ3) is 4.52. The Bertz CT molecular complexity index is 1420. The lowest BCUT2D eigenvalue weighted by molar-refractivity contribution is -0.143. The van der Waals surface area contributed by atoms with Crippen molar-refractivity contribution >= 4 is 23.4 Å². The topological polar surface area (TPSA) is 69.9 Å². The monoisotopic (exact) mass is 466 g/mol. The van der Waals surface area contributed by atoms with E-state index in [-0.39, 0.29) is 17.5 Å². The predicted molar refractivity (Wildman–Crippen MR) is 124 cm³/mol. The van der Waals surface area contributed by atoms with Gasteiger partial charge in [-0.1, -0.05) is 35.6 Å². The number of rotatable bonds is 5. The minimum absolute atomic E-state index is 0.293. The Morgan fingerprint density at radius 3 is 2.61 bits per heavy atom. The Labute approximate surface area is 193 Å². The molecule has 0 amide bonds. The van der Waals surface area contributed by atoms with Crippen molar-refractivity contribution in [1.29, 1.82) is 0 Å². The summed E-state index contributed by atoms with van der Waals surface area (Å²) in [5.74, 6) is -0.269. The highest BCUT2D eigenvalue weighted by Crippen LogP contribution is 2.32. The number of aromatic nitrogens is 1. The Hall–Kier alpha value is -3.52. The third-order valence-corrected chi connectivity index (χ3v) is 6.14. The minimum atomic E-state index is -0.724. The van der Waals surface area contributed by atoms with Crippen LogP contribution in [0, 0.1) is 5.82 Å². The number of esters is 1. The molecule has 4 rings (SSSR count). The summed E-state index contributed by atoms with van der Waals surface area (Å²) < 4.78 is 26.1. The van der Waals surface area contributed by atoms with Crippen molar-refractivity contribution < 1.29 is 18.7 Å². The Kier molecular flexibility index (Phi) is 6.29. The van der Waals surface area contributed by atoms with Gasteiger partial charge in [0.25, 0.3) is 5.56 Å². The molecule has 2 heterocycles. The van der Waals surface area contributed by atoms with Gasteiger partial charge in [0.05, 0.1) is 35.1 Å². The molecule has 8 heteroatoms. The van der Waals surface area contributed by atoms with Gasteiger partial charge in [-0.05, 0) is 62.2 Å². The van der Waals surface area contributed by atoms with Crippen molar-refractivity contribution in [1.82, 2.24) is 4.57 Å². The second-order valence-corrected chi connectivity index (χ2v) is 8.87. The Balaban J connectivity index is 1.95. The van der Waals surface area contributed by atoms with Gasteiger partial charge in [-0.3, -0.25) is 9.36 Å². The molecule has 1 aliphatic rings. The van der Waals surface area contributed by atoms with Gasteiger partial charge in [0.1, 0.15) is 11.6 Å². The number of nitrogens with zero attached hydrogens (tertiary/aromatic N) is 2. The maximum atomic E-state index is 13.5. The van der Waals surface area contributed by atoms with E-state index in [2.05, 4.69) is 4.99 Å². The first-order valence-electron chi connectivity index (χ1n) is 10.4. The number of hydrogen-bond acceptors (Lipinski definition) is 6. The molecule has 6 nitrogen and oxygen atoms in total. The summed E-state index contributed by atoms with van der Waals surface area (Å²) in [4.78, 5) is 31.6. The number of carbonyl (C=O) groups is 1. The van der Waals surface area contributed by atoms with Gasteiger partial charge in [0.15, 0.2) is 4.80 Å². The molecule has 0 radical (unpaired) electrons. The summed E-state index contributed by atoms with van der Waals surface area (Å²) in [6, 6.07) is 12.4. The van der Waals surface area contributed by atoms with Gasteiger partial charge in [0.2, 0.25) is 0 Å². The molecule has 0 spiro atoms. The zero-order valence-electron chi connectivity index (χ0n) is 18.7. The number of allylic oxidation sites excluding steroid dienone is 1. The van der Waals surface area contributed by atoms with Gasteiger partial charge in [-0.2, -0.15) is 0 Å². The molecular weight excluding hydrogens is 443 g/mol. The van der Waals surface area contributed by atoms with Crippen molar-refractivity contribution in [3.05, 3.63) is 96.4 Å². The van der Waals surface area contributed by atoms with E-state index in [1.165, 1.54) is 28.0 Å². The normalized spacial score (nSPS) is 15.9. The standard InChI is InChI=1S/C25H23FN2O4S/c1-14(2)32-24(30)21-15(3)27-25-28(22(21)17-6-5-7-19(13-17)31-4)23(29)20(33-25)12-16-8-10-18(26)11-9-16/h5-14,22H,1-4H3/t22-/m1/s1. The molecule has 0 fully saturated rings. The first-order valence-corrected chi connectivity index (χ1v) is 11.2. The molecule has 0 unspecified atom stereocenters. The van der Waals surface area contributed by atoms with Crippen LogP contribution < -0.4 is 19.6 Å². The fourth-order valence-electron chi connectivity index (χ4n) is 3.70. The molecule has 1 aromatic heterocycles. The average molecular weight is 467 g/mol. The lowest BCUT2D eigenvalue weighted by atomic mass is 9.95. The van der Waals surface area contributed by atoms with Crippen molar-refractivity contribution in [2.75, 3.05) is 7.11 Å². The van der Waals surface area contributed by atoms with Crippen molar-refractivity contribution in [2.24, 2.45) is 4.99 Å². The Morgan fingerprint density at radius 2 is 1.94 bits per heavy atom. The number of methoxy groups -OCH3 is 1. The minimum Gasteiger partial charge on any atom is -0.497 e. The SMILES string of the molecule is COc1cccc([C@@H]2C(C(=O)OC(C)C)=C(C)N=c3sc(=Cc4ccc(F)cc4)c(=O)n32)c1. The molecule has 1 atom stereocenters. The van der Waals surface area contributed by atoms with Gasteiger partial charge in [0, 0.05) is 0 Å². The molecule has 3 aromatic rings. The highest BCUT2D eigenvalue weighted by atomic mass is 32.1. The number of hydrogen-bond donors (Lipinski definition) is 0. The van der Waals surface area contributed by atoms with Crippen LogP contribution in [0.5, 0.6) is 5.75 Å². The number of thiazole rings is 1. The summed E-state index contributed by atoms with van der Waals surface area (Å²) in [5, 5.41) is 0. The van der Waals surface area contributed by atoms with Crippen LogP contribution in [0.3, 0.4) is 0 Å². The summed E-state index contributed by atoms with van der Waals surface area (Å²) in [6.07, 6.45) is 1.36. The zero-order valence-corrected chi connectivity index (χ0v) is 19.5. The quantitative estimate of drug-likeness (QED) is 0.541. The van der Waals surface area contributed by atoms with Crippen LogP contribution in [-0.2, 0) is 9.53 Å². The van der Waals surface area contributed by atoms with Crippen LogP contribution in [-0.4, -0.2) is 23.8 Å². The van der Waals surface area contributed by atoms with Crippen LogP contribution in [0.4, 0.5) is 4.39 Å². The highest BCUT2D eigenvalue weighted by molar-refractivity contribution is 7.07. The third-order valence-electron chi connectivity index (χ3n) is 5.16. The number of ether oxygens (including phenoxy) is 2. The first-order chi connectivity index (χ1) is 15.8. The maximum absolute atomic E-state index is 13.5. The van der Waals surface area contributed by atoms with Crippen LogP contribution in [0.2, 0.25) is 0 Å². The van der Waals surface area contributed by atoms with Gasteiger partial charge in [-0.15, -0.1) is 0 Å². The lowest BCUT2D eigenvalue weighted by Crippen LogP contribution is -2.40. The van der Waals surface area contributed by atoms with E-state index < -0.39 is 12.0 Å². The molecule has 0 N–H and O–H groups in total. The summed E-state index contributed by atoms with van der Waals surface area (Å²) >= 11 is 1.22. The molecule has 2 aromatic carbocycles. The van der Waals surface area contributed by atoms with Gasteiger partial charge >= 0.3 is 5.97 Å². The number of carbonyl (C=O) groups excluding carboxylic acids is 1. The maximum Gasteiger partial charge on any atom is 0.338 e. The number of fused-ring (bicyclic) bond motifs is 1. The van der Waals surface area contributed by atoms with Crippen molar-refractivity contribution in [3.8, 4) is 5.75 Å². The van der Waals surface area contributed by atoms with E-state index in [1.807, 2.05) is 12.1 Å². The first kappa shape index (κ1) is 22.7. The van der Waals surface area contributed by atoms with Gasteiger partial charge in [-0.25, -0.2) is 14.2 Å². The van der Waals surface area contributed by atoms with Crippen LogP contribution >= 0.6 is 11.3 Å². The lowest BCUT2D eigenvalue weighted by Gasteiger charge is -2.25. The summed E-state index contributed by atoms with van der Waals surface area (Å²) in [5.41, 5.74) is 1.89. The molecule has 0 bridgehead atoms. The van der Waals surface area contributed by atoms with E-state index in [0.717, 1.165) is 0 Å². The summed E-state index contributed by atoms with van der Waals surface area (Å²) in [7, 11) is 1.56. The van der Waals surface area contributed by atoms with E-state index in [1.54, 1.807) is 58.2 Å². The fraction of sp³-hybridized carbons (Fsp3) is 0.240. The number of benzene rings is 2. The predicted octanol–water partition coefficient (Wildman–Crippen LogP) is 3.33. The largest absolute Gasteiger partial charge is 0.497 e. The Morgan fingerprint density at radius 1 is 1.21 bits per heavy atom. The van der Waals surface area contributed by atoms with E-state index in [4.69, 9.17) is 9.47 Å². The van der Waals surface area contributed by atoms with Crippen LogP contribution in [0.15, 0.2) is 69.6 Å². The van der Waals surface area contributed by atoms with E-state index in [9.17, 15) is 14.0 Å². The molecule has 0 saturated heterocycles. The fourth-order valence-corrected chi connectivity index (χ4v) is 4.74. The van der Waals surface area contributed by atoms with Crippen molar-refractivity contribution in [2.45, 2.75) is 32.9 Å². The van der Waals surface area contributed by atoms with Crippen molar-refractivity contribution in [3.63, 3.8) is 0 Å².